The minimum Gasteiger partial charge on any atom is -0.325 e. The molecule has 8 heteroatoms. The van der Waals surface area contributed by atoms with Crippen molar-refractivity contribution < 1.29 is 4.79 Å². The number of benzene rings is 1. The Labute approximate surface area is 157 Å². The molecule has 1 atom stereocenters. The molecule has 1 amide bonds. The number of carbonyl (C=O) groups is 1. The lowest BCUT2D eigenvalue weighted by atomic mass is 10.0. The quantitative estimate of drug-likeness (QED) is 0.863. The number of piperidine rings is 1. The Morgan fingerprint density at radius 2 is 2.16 bits per heavy atom. The van der Waals surface area contributed by atoms with Crippen molar-refractivity contribution in [2.75, 3.05) is 18.4 Å². The van der Waals surface area contributed by atoms with Gasteiger partial charge in [0.15, 0.2) is 0 Å². The molecule has 1 N–H and O–H groups in total. The maximum atomic E-state index is 12.7. The van der Waals surface area contributed by atoms with Gasteiger partial charge in [-0.1, -0.05) is 34.8 Å². The molecule has 0 saturated carbocycles. The molecule has 1 aromatic heterocycles. The highest BCUT2D eigenvalue weighted by atomic mass is 35.5. The molecule has 25 heavy (non-hydrogen) atoms. The number of carbonyl (C=O) groups excluding carboxylic acids is 1. The molecule has 0 aliphatic carbocycles. The molecule has 0 bridgehead atoms. The van der Waals surface area contributed by atoms with E-state index in [1.807, 2.05) is 13.2 Å². The van der Waals surface area contributed by atoms with E-state index in [1.54, 1.807) is 22.9 Å². The van der Waals surface area contributed by atoms with E-state index in [1.165, 1.54) is 0 Å². The van der Waals surface area contributed by atoms with Crippen LogP contribution in [0.1, 0.15) is 25.0 Å². The number of aromatic nitrogens is 3. The molecule has 1 unspecified atom stereocenters. The first-order chi connectivity index (χ1) is 12.0. The van der Waals surface area contributed by atoms with Crippen molar-refractivity contribution in [1.29, 1.82) is 0 Å². The molecule has 2 heterocycles. The summed E-state index contributed by atoms with van der Waals surface area (Å²) in [6.45, 7) is 1.71. The lowest BCUT2D eigenvalue weighted by molar-refractivity contribution is -0.122. The van der Waals surface area contributed by atoms with Crippen molar-refractivity contribution in [3.8, 4) is 0 Å². The highest BCUT2D eigenvalue weighted by Crippen LogP contribution is 2.26. The molecule has 2 aromatic rings. The van der Waals surface area contributed by atoms with Crippen LogP contribution < -0.4 is 5.32 Å². The van der Waals surface area contributed by atoms with Gasteiger partial charge in [-0.05, 0) is 37.6 Å². The van der Waals surface area contributed by atoms with Gasteiger partial charge in [0.25, 0.3) is 0 Å². The molecular weight excluding hydrogens is 361 g/mol. The fourth-order valence-corrected chi connectivity index (χ4v) is 3.42. The monoisotopic (exact) mass is 381 g/mol. The standard InChI is InChI=1S/C17H21Cl2N5O/c1-23-11-13(21-22-23)7-9-24-8-3-2-4-16(24)17(25)20-12-5-6-14(18)15(19)10-12/h5-6,10-11,16H,2-4,7-9H2,1H3,(H,20,25). The first kappa shape index (κ1) is 18.2. The summed E-state index contributed by atoms with van der Waals surface area (Å²) in [5, 5.41) is 11.9. The summed E-state index contributed by atoms with van der Waals surface area (Å²) in [6.07, 6.45) is 5.71. The lowest BCUT2D eigenvalue weighted by Gasteiger charge is -2.34. The largest absolute Gasteiger partial charge is 0.325 e. The van der Waals surface area contributed by atoms with Gasteiger partial charge in [0.1, 0.15) is 0 Å². The number of hydrogen-bond acceptors (Lipinski definition) is 4. The molecule has 1 fully saturated rings. The van der Waals surface area contributed by atoms with E-state index < -0.39 is 0 Å². The Hall–Kier alpha value is -1.63. The van der Waals surface area contributed by atoms with Crippen LogP contribution in [0.5, 0.6) is 0 Å². The number of rotatable bonds is 5. The number of likely N-dealkylation sites (tertiary alicyclic amines) is 1. The Morgan fingerprint density at radius 3 is 2.88 bits per heavy atom. The predicted octanol–water partition coefficient (Wildman–Crippen LogP) is 3.16. The average molecular weight is 382 g/mol. The third-order valence-corrected chi connectivity index (χ3v) is 5.15. The minimum absolute atomic E-state index is 0.00256. The Bertz CT molecular complexity index is 748. The zero-order valence-corrected chi connectivity index (χ0v) is 15.6. The third kappa shape index (κ3) is 4.71. The van der Waals surface area contributed by atoms with Crippen LogP contribution in [0.4, 0.5) is 5.69 Å². The van der Waals surface area contributed by atoms with Gasteiger partial charge in [-0.2, -0.15) is 0 Å². The van der Waals surface area contributed by atoms with Crippen molar-refractivity contribution in [3.63, 3.8) is 0 Å². The zero-order valence-electron chi connectivity index (χ0n) is 14.1. The summed E-state index contributed by atoms with van der Waals surface area (Å²) in [5.41, 5.74) is 1.61. The van der Waals surface area contributed by atoms with Gasteiger partial charge >= 0.3 is 0 Å². The molecule has 3 rings (SSSR count). The normalized spacial score (nSPS) is 18.3. The lowest BCUT2D eigenvalue weighted by Crippen LogP contribution is -2.47. The molecule has 0 radical (unpaired) electrons. The van der Waals surface area contributed by atoms with Gasteiger partial charge in [-0.15, -0.1) is 5.10 Å². The van der Waals surface area contributed by atoms with Crippen LogP contribution in [0, 0.1) is 0 Å². The van der Waals surface area contributed by atoms with Gasteiger partial charge in [-0.25, -0.2) is 0 Å². The number of nitrogens with zero attached hydrogens (tertiary/aromatic N) is 4. The van der Waals surface area contributed by atoms with Crippen molar-refractivity contribution in [1.82, 2.24) is 19.9 Å². The number of amides is 1. The van der Waals surface area contributed by atoms with Crippen LogP contribution in [-0.2, 0) is 18.3 Å². The number of nitrogens with one attached hydrogen (secondary N) is 1. The second-order valence-electron chi connectivity index (χ2n) is 6.30. The maximum absolute atomic E-state index is 12.7. The number of halogens is 2. The second-order valence-corrected chi connectivity index (χ2v) is 7.11. The van der Waals surface area contributed by atoms with Crippen LogP contribution >= 0.6 is 23.2 Å². The van der Waals surface area contributed by atoms with E-state index in [0.717, 1.165) is 44.5 Å². The second kappa shape index (κ2) is 8.17. The highest BCUT2D eigenvalue weighted by molar-refractivity contribution is 6.42. The summed E-state index contributed by atoms with van der Waals surface area (Å²) in [7, 11) is 1.85. The summed E-state index contributed by atoms with van der Waals surface area (Å²) >= 11 is 11.9. The van der Waals surface area contributed by atoms with Gasteiger partial charge in [0, 0.05) is 31.9 Å². The minimum atomic E-state index is -0.139. The van der Waals surface area contributed by atoms with Crippen LogP contribution in [0.15, 0.2) is 24.4 Å². The Balaban J connectivity index is 1.62. The topological polar surface area (TPSA) is 63.1 Å². The van der Waals surface area contributed by atoms with Crippen molar-refractivity contribution in [2.24, 2.45) is 7.05 Å². The molecule has 1 aromatic carbocycles. The van der Waals surface area contributed by atoms with Crippen LogP contribution in [0.2, 0.25) is 10.0 Å². The fraction of sp³-hybridized carbons (Fsp3) is 0.471. The maximum Gasteiger partial charge on any atom is 0.241 e. The molecular formula is C17H21Cl2N5O. The van der Waals surface area contributed by atoms with Gasteiger partial charge in [-0.3, -0.25) is 14.4 Å². The summed E-state index contributed by atoms with van der Waals surface area (Å²) in [4.78, 5) is 15.0. The van der Waals surface area contributed by atoms with E-state index in [0.29, 0.717) is 15.7 Å². The molecule has 1 saturated heterocycles. The van der Waals surface area contributed by atoms with E-state index >= 15 is 0 Å². The molecule has 1 aliphatic rings. The SMILES string of the molecule is Cn1cc(CCN2CCCCC2C(=O)Nc2ccc(Cl)c(Cl)c2)nn1. The van der Waals surface area contributed by atoms with E-state index in [9.17, 15) is 4.79 Å². The fourth-order valence-electron chi connectivity index (χ4n) is 3.12. The highest BCUT2D eigenvalue weighted by Gasteiger charge is 2.28. The average Bonchev–Trinajstić information content (AvgIpc) is 3.02. The van der Waals surface area contributed by atoms with E-state index in [2.05, 4.69) is 20.5 Å². The van der Waals surface area contributed by atoms with E-state index in [-0.39, 0.29) is 11.9 Å². The third-order valence-electron chi connectivity index (χ3n) is 4.41. The van der Waals surface area contributed by atoms with Crippen molar-refractivity contribution in [2.45, 2.75) is 31.7 Å². The molecule has 6 nitrogen and oxygen atoms in total. The first-order valence-electron chi connectivity index (χ1n) is 8.38. The van der Waals surface area contributed by atoms with Gasteiger partial charge in [0.2, 0.25) is 5.91 Å². The number of hydrogen-bond donors (Lipinski definition) is 1. The van der Waals surface area contributed by atoms with Crippen LogP contribution in [-0.4, -0.2) is 44.9 Å². The molecule has 0 spiro atoms. The number of aryl methyl sites for hydroxylation is 1. The molecule has 1 aliphatic heterocycles. The number of anilines is 1. The zero-order chi connectivity index (χ0) is 17.8. The summed E-state index contributed by atoms with van der Waals surface area (Å²) in [6, 6.07) is 4.99. The van der Waals surface area contributed by atoms with Crippen molar-refractivity contribution >= 4 is 34.8 Å². The first-order valence-corrected chi connectivity index (χ1v) is 9.13. The van der Waals surface area contributed by atoms with Gasteiger partial charge < -0.3 is 5.32 Å². The Kier molecular flexibility index (Phi) is 5.93. The smallest absolute Gasteiger partial charge is 0.241 e. The van der Waals surface area contributed by atoms with Crippen LogP contribution in [0.3, 0.4) is 0 Å². The Morgan fingerprint density at radius 1 is 1.32 bits per heavy atom. The van der Waals surface area contributed by atoms with E-state index in [4.69, 9.17) is 23.2 Å². The molecule has 134 valence electrons. The predicted molar refractivity (Wildman–Crippen MR) is 99.0 cm³/mol. The summed E-state index contributed by atoms with van der Waals surface area (Å²) < 4.78 is 1.69. The van der Waals surface area contributed by atoms with Gasteiger partial charge in [0.05, 0.1) is 21.8 Å². The van der Waals surface area contributed by atoms with Crippen molar-refractivity contribution in [3.05, 3.63) is 40.1 Å². The van der Waals surface area contributed by atoms with Crippen LogP contribution in [0.25, 0.3) is 0 Å². The summed E-state index contributed by atoms with van der Waals surface area (Å²) in [5.74, 6) is -0.00256.